The number of aryl methyl sites for hydroxylation is 1. The molecule has 3 N–H and O–H groups in total. The van der Waals surface area contributed by atoms with Crippen molar-refractivity contribution in [2.45, 2.75) is 92.5 Å². The highest BCUT2D eigenvalue weighted by molar-refractivity contribution is 5.98. The first-order valence-corrected chi connectivity index (χ1v) is 19.0. The zero-order valence-electron chi connectivity index (χ0n) is 32.5. The SMILES string of the molecule is C/C=C(/C(=O)N[C@H]1Cc2cc(O)cc(c2)-c2ccc3c(c2)c(c(-c2cccnc2COC)n3CC)CC(C)(C)COC(=O)[C@@H]2CCCN(N2)C1=O)C(C)C. The maximum atomic E-state index is 14.2. The number of carbonyl (C=O) groups excluding carboxylic acids is 3. The summed E-state index contributed by atoms with van der Waals surface area (Å²) in [6, 6.07) is 14.0. The lowest BCUT2D eigenvalue weighted by atomic mass is 9.84. The number of aromatic nitrogens is 2. The monoisotopic (exact) mass is 735 g/mol. The van der Waals surface area contributed by atoms with Crippen molar-refractivity contribution in [3.05, 3.63) is 83.2 Å². The first kappa shape index (κ1) is 38.7. The largest absolute Gasteiger partial charge is 0.508 e. The Balaban J connectivity index is 1.54. The number of methoxy groups -OCH3 is 1. The quantitative estimate of drug-likeness (QED) is 0.145. The summed E-state index contributed by atoms with van der Waals surface area (Å²) in [4.78, 5) is 46.2. The fraction of sp³-hybridized carbons (Fsp3) is 0.442. The average molecular weight is 736 g/mol. The molecule has 286 valence electrons. The number of ether oxygens (including phenoxy) is 2. The molecule has 2 aromatic carbocycles. The van der Waals surface area contributed by atoms with E-state index < -0.39 is 23.5 Å². The number of aromatic hydroxyl groups is 1. The van der Waals surface area contributed by atoms with Crippen LogP contribution in [-0.4, -0.2) is 69.8 Å². The van der Waals surface area contributed by atoms with E-state index in [1.165, 1.54) is 5.01 Å². The zero-order chi connectivity index (χ0) is 38.7. The lowest BCUT2D eigenvalue weighted by Gasteiger charge is -2.35. The maximum Gasteiger partial charge on any atom is 0.324 e. The van der Waals surface area contributed by atoms with Gasteiger partial charge in [-0.25, -0.2) is 5.43 Å². The van der Waals surface area contributed by atoms with Crippen LogP contribution >= 0.6 is 0 Å². The van der Waals surface area contributed by atoms with E-state index in [1.54, 1.807) is 38.4 Å². The number of phenolic OH excluding ortho intramolecular Hbond substituents is 1. The van der Waals surface area contributed by atoms with Gasteiger partial charge in [0.05, 0.1) is 24.6 Å². The molecular formula is C43H53N5O6. The first-order valence-electron chi connectivity index (χ1n) is 19.0. The highest BCUT2D eigenvalue weighted by atomic mass is 16.5. The number of nitrogens with zero attached hydrogens (tertiary/aromatic N) is 3. The molecule has 4 heterocycles. The summed E-state index contributed by atoms with van der Waals surface area (Å²) in [5.41, 5.74) is 10.5. The molecule has 1 saturated heterocycles. The summed E-state index contributed by atoms with van der Waals surface area (Å²) in [5, 5.41) is 16.6. The lowest BCUT2D eigenvalue weighted by molar-refractivity contribution is -0.155. The third-order valence-corrected chi connectivity index (χ3v) is 10.5. The minimum atomic E-state index is -0.975. The van der Waals surface area contributed by atoms with Gasteiger partial charge in [-0.1, -0.05) is 45.9 Å². The predicted octanol–water partition coefficient (Wildman–Crippen LogP) is 6.49. The van der Waals surface area contributed by atoms with Gasteiger partial charge in [0.25, 0.3) is 5.91 Å². The molecule has 0 radical (unpaired) electrons. The molecule has 4 aromatic rings. The Morgan fingerprint density at radius 2 is 1.96 bits per heavy atom. The number of phenols is 1. The van der Waals surface area contributed by atoms with Gasteiger partial charge in [-0.3, -0.25) is 24.4 Å². The number of carbonyl (C=O) groups is 3. The van der Waals surface area contributed by atoms with Crippen molar-refractivity contribution in [2.24, 2.45) is 11.3 Å². The van der Waals surface area contributed by atoms with E-state index in [2.05, 4.69) is 54.3 Å². The molecule has 1 fully saturated rings. The number of fused-ring (bicyclic) bond motifs is 6. The molecule has 0 spiro atoms. The smallest absolute Gasteiger partial charge is 0.324 e. The molecule has 11 heteroatoms. The average Bonchev–Trinajstić information content (AvgIpc) is 3.44. The number of benzene rings is 2. The van der Waals surface area contributed by atoms with Crippen molar-refractivity contribution in [3.63, 3.8) is 0 Å². The molecule has 0 saturated carbocycles. The van der Waals surface area contributed by atoms with Crippen molar-refractivity contribution in [1.29, 1.82) is 0 Å². The van der Waals surface area contributed by atoms with Crippen LogP contribution in [0.2, 0.25) is 0 Å². The summed E-state index contributed by atoms with van der Waals surface area (Å²) >= 11 is 0. The van der Waals surface area contributed by atoms with Gasteiger partial charge in [-0.15, -0.1) is 0 Å². The van der Waals surface area contributed by atoms with Gasteiger partial charge >= 0.3 is 5.97 Å². The first-order chi connectivity index (χ1) is 25.8. The second kappa shape index (κ2) is 16.2. The van der Waals surface area contributed by atoms with Crippen LogP contribution in [0.4, 0.5) is 0 Å². The molecule has 2 atom stereocenters. The van der Waals surface area contributed by atoms with E-state index in [1.807, 2.05) is 32.0 Å². The number of amides is 2. The van der Waals surface area contributed by atoms with E-state index in [4.69, 9.17) is 14.5 Å². The third-order valence-electron chi connectivity index (χ3n) is 10.5. The van der Waals surface area contributed by atoms with Crippen LogP contribution in [0.25, 0.3) is 33.3 Å². The van der Waals surface area contributed by atoms with E-state index >= 15 is 0 Å². The Kier molecular flexibility index (Phi) is 11.6. The number of hydrogen-bond donors (Lipinski definition) is 3. The Labute approximate surface area is 317 Å². The molecule has 54 heavy (non-hydrogen) atoms. The number of cyclic esters (lactones) is 1. The lowest BCUT2D eigenvalue weighted by Crippen LogP contribution is -2.60. The molecule has 6 bridgehead atoms. The van der Waals surface area contributed by atoms with Crippen molar-refractivity contribution in [2.75, 3.05) is 20.3 Å². The van der Waals surface area contributed by atoms with Crippen LogP contribution in [0.1, 0.15) is 71.2 Å². The Morgan fingerprint density at radius 3 is 2.69 bits per heavy atom. The molecule has 2 aliphatic rings. The molecular weight excluding hydrogens is 683 g/mol. The zero-order valence-corrected chi connectivity index (χ0v) is 32.5. The van der Waals surface area contributed by atoms with Gasteiger partial charge in [0.15, 0.2) is 0 Å². The van der Waals surface area contributed by atoms with E-state index in [9.17, 15) is 19.5 Å². The number of esters is 1. The minimum absolute atomic E-state index is 0.0532. The van der Waals surface area contributed by atoms with Crippen LogP contribution < -0.4 is 10.7 Å². The molecule has 0 unspecified atom stereocenters. The van der Waals surface area contributed by atoms with Gasteiger partial charge in [0.2, 0.25) is 5.91 Å². The summed E-state index contributed by atoms with van der Waals surface area (Å²) in [5.74, 6) is -1.13. The fourth-order valence-electron chi connectivity index (χ4n) is 7.89. The summed E-state index contributed by atoms with van der Waals surface area (Å²) in [6.07, 6.45) is 5.34. The number of hydrogen-bond acceptors (Lipinski definition) is 8. The Bertz CT molecular complexity index is 2080. The van der Waals surface area contributed by atoms with E-state index in [-0.39, 0.29) is 36.5 Å². The summed E-state index contributed by atoms with van der Waals surface area (Å²) in [7, 11) is 1.67. The minimum Gasteiger partial charge on any atom is -0.508 e. The number of rotatable bonds is 7. The predicted molar refractivity (Wildman–Crippen MR) is 209 cm³/mol. The fourth-order valence-corrected chi connectivity index (χ4v) is 7.89. The summed E-state index contributed by atoms with van der Waals surface area (Å²) in [6.45, 7) is 13.6. The molecule has 2 aliphatic heterocycles. The molecule has 6 rings (SSSR count). The van der Waals surface area contributed by atoms with E-state index in [0.717, 1.165) is 44.5 Å². The van der Waals surface area contributed by atoms with Crippen molar-refractivity contribution < 1.29 is 29.0 Å². The van der Waals surface area contributed by atoms with E-state index in [0.29, 0.717) is 50.1 Å². The van der Waals surface area contributed by atoms with Crippen LogP contribution in [0.5, 0.6) is 5.75 Å². The standard InChI is InChI=1S/C43H53N5O6/c1-8-31(26(3)4)40(50)45-36-20-27-18-29(21-30(49)19-27)28-14-15-38-33(22-28)34(39(47(38)9-2)32-12-10-16-44-37(32)24-53-7)23-43(5,6)25-54-42(52)35-13-11-17-48(46-35)41(36)51/h8,10,12,14-16,18-19,21-22,26,35-36,46,49H,9,11,13,17,20,23-25H2,1-7H3,(H,45,50)/b31-8+/t35-,36-/m0/s1. The number of hydrazine groups is 1. The van der Waals surface area contributed by atoms with Crippen molar-refractivity contribution in [1.82, 2.24) is 25.3 Å². The number of allylic oxidation sites excluding steroid dienone is 1. The highest BCUT2D eigenvalue weighted by Crippen LogP contribution is 2.41. The van der Waals surface area contributed by atoms with Gasteiger partial charge in [0, 0.05) is 60.3 Å². The topological polar surface area (TPSA) is 135 Å². The van der Waals surface area contributed by atoms with Gasteiger partial charge < -0.3 is 24.5 Å². The van der Waals surface area contributed by atoms with Crippen LogP contribution in [0.15, 0.2) is 66.4 Å². The number of pyridine rings is 1. The van der Waals surface area contributed by atoms with Crippen molar-refractivity contribution >= 4 is 28.7 Å². The second-order valence-electron chi connectivity index (χ2n) is 15.5. The molecule has 2 amide bonds. The van der Waals surface area contributed by atoms with Crippen LogP contribution in [0, 0.1) is 11.3 Å². The second-order valence-corrected chi connectivity index (χ2v) is 15.5. The Morgan fingerprint density at radius 1 is 1.17 bits per heavy atom. The molecule has 11 nitrogen and oxygen atoms in total. The normalized spacial score (nSPS) is 19.5. The third kappa shape index (κ3) is 8.07. The number of nitrogens with one attached hydrogen (secondary N) is 2. The van der Waals surface area contributed by atoms with Gasteiger partial charge in [0.1, 0.15) is 17.8 Å². The van der Waals surface area contributed by atoms with Crippen LogP contribution in [0.3, 0.4) is 0 Å². The van der Waals surface area contributed by atoms with Gasteiger partial charge in [-0.05, 0) is 97.7 Å². The molecule has 2 aromatic heterocycles. The van der Waals surface area contributed by atoms with Crippen LogP contribution in [-0.2, 0) is 49.9 Å². The van der Waals surface area contributed by atoms with Gasteiger partial charge in [-0.2, -0.15) is 0 Å². The summed E-state index contributed by atoms with van der Waals surface area (Å²) < 4.78 is 13.9. The van der Waals surface area contributed by atoms with Crippen molar-refractivity contribution in [3.8, 4) is 28.1 Å². The maximum absolute atomic E-state index is 14.2. The highest BCUT2D eigenvalue weighted by Gasteiger charge is 2.35. The Hall–Kier alpha value is -5.00. The molecule has 0 aliphatic carbocycles.